The Labute approximate surface area is 245 Å². The molecule has 0 saturated carbocycles. The molecule has 0 atom stereocenters. The number of aromatic nitrogens is 1. The van der Waals surface area contributed by atoms with Crippen LogP contribution in [0.2, 0.25) is 0 Å². The van der Waals surface area contributed by atoms with Gasteiger partial charge < -0.3 is 13.9 Å². The fourth-order valence-corrected chi connectivity index (χ4v) is 5.04. The lowest BCUT2D eigenvalue weighted by Crippen LogP contribution is -2.05. The van der Waals surface area contributed by atoms with E-state index >= 15 is 0 Å². The molecule has 6 nitrogen and oxygen atoms in total. The van der Waals surface area contributed by atoms with Crippen LogP contribution in [0.25, 0.3) is 22.2 Å². The van der Waals surface area contributed by atoms with Crippen molar-refractivity contribution in [1.29, 1.82) is 0 Å². The molecular weight excluding hydrogens is 514 g/mol. The highest BCUT2D eigenvalue weighted by molar-refractivity contribution is 5.81. The summed E-state index contributed by atoms with van der Waals surface area (Å²) < 4.78 is 16.4. The van der Waals surface area contributed by atoms with Crippen molar-refractivity contribution in [2.75, 3.05) is 13.2 Å². The lowest BCUT2D eigenvalue weighted by atomic mass is 9.97. The van der Waals surface area contributed by atoms with Gasteiger partial charge in [0.25, 0.3) is 0 Å². The van der Waals surface area contributed by atoms with Crippen LogP contribution in [0, 0.1) is 6.92 Å². The standard InChI is InChI=1S/C35H47NO5/c1-4-6-15-18-28-19-21-30(27(3)25-28)31-26-29-20-22-32(36-34(29)41-35(31)38)39-23-16-13-11-9-7-8-10-12-14-17-24-40-33(37)5-2/h5,19-22,25-26H,2,4,6-18,23-24H2,1,3H3. The molecule has 0 fully saturated rings. The molecular formula is C35H47NO5. The zero-order valence-electron chi connectivity index (χ0n) is 25.1. The maximum absolute atomic E-state index is 12.8. The van der Waals surface area contributed by atoms with Gasteiger partial charge in [0.05, 0.1) is 18.8 Å². The number of fused-ring (bicyclic) bond motifs is 1. The summed E-state index contributed by atoms with van der Waals surface area (Å²) in [5.74, 6) is 0.149. The lowest BCUT2D eigenvalue weighted by Gasteiger charge is -2.09. The van der Waals surface area contributed by atoms with Gasteiger partial charge in [-0.2, -0.15) is 4.98 Å². The lowest BCUT2D eigenvalue weighted by molar-refractivity contribution is -0.137. The van der Waals surface area contributed by atoms with E-state index in [4.69, 9.17) is 13.9 Å². The van der Waals surface area contributed by atoms with Crippen molar-refractivity contribution in [3.05, 3.63) is 70.6 Å². The van der Waals surface area contributed by atoms with Gasteiger partial charge >= 0.3 is 11.6 Å². The molecule has 0 amide bonds. The molecule has 0 saturated heterocycles. The molecule has 2 aromatic heterocycles. The van der Waals surface area contributed by atoms with Crippen LogP contribution in [0.1, 0.15) is 102 Å². The Hall–Kier alpha value is -3.41. The molecule has 41 heavy (non-hydrogen) atoms. The Kier molecular flexibility index (Phi) is 14.2. The number of esters is 1. The number of rotatable bonds is 20. The Balaban J connectivity index is 1.35. The summed E-state index contributed by atoms with van der Waals surface area (Å²) in [4.78, 5) is 28.3. The molecule has 3 aromatic rings. The molecule has 2 heterocycles. The molecule has 0 bridgehead atoms. The van der Waals surface area contributed by atoms with Crippen LogP contribution in [0.4, 0.5) is 0 Å². The maximum atomic E-state index is 12.8. The third-order valence-electron chi connectivity index (χ3n) is 7.42. The van der Waals surface area contributed by atoms with Crippen molar-refractivity contribution in [2.45, 2.75) is 104 Å². The minimum absolute atomic E-state index is 0.308. The number of ether oxygens (including phenoxy) is 2. The van der Waals surface area contributed by atoms with Gasteiger partial charge in [0.2, 0.25) is 11.6 Å². The second-order valence-electron chi connectivity index (χ2n) is 10.9. The fraction of sp³-hybridized carbons (Fsp3) is 0.514. The van der Waals surface area contributed by atoms with Gasteiger partial charge in [-0.25, -0.2) is 9.59 Å². The molecule has 0 spiro atoms. The van der Waals surface area contributed by atoms with Crippen LogP contribution in [-0.2, 0) is 16.0 Å². The second-order valence-corrected chi connectivity index (χ2v) is 10.9. The SMILES string of the molecule is C=CC(=O)OCCCCCCCCCCCCOc1ccc2cc(-c3ccc(CCCCC)cc3C)c(=O)oc2n1. The van der Waals surface area contributed by atoms with Gasteiger partial charge in [-0.1, -0.05) is 95.9 Å². The molecule has 0 aliphatic carbocycles. The number of carbonyl (C=O) groups excluding carboxylic acids is 1. The molecule has 0 unspecified atom stereocenters. The zero-order chi connectivity index (χ0) is 29.3. The van der Waals surface area contributed by atoms with Crippen LogP contribution in [-0.4, -0.2) is 24.2 Å². The van der Waals surface area contributed by atoms with E-state index in [2.05, 4.69) is 30.6 Å². The number of aryl methyl sites for hydroxylation is 2. The third kappa shape index (κ3) is 11.2. The smallest absolute Gasteiger partial charge is 0.345 e. The van der Waals surface area contributed by atoms with Crippen molar-refractivity contribution in [1.82, 2.24) is 4.98 Å². The van der Waals surface area contributed by atoms with Gasteiger partial charge in [-0.05, 0) is 61.4 Å². The van der Waals surface area contributed by atoms with Crippen LogP contribution in [0.15, 0.2) is 58.3 Å². The zero-order valence-corrected chi connectivity index (χ0v) is 25.1. The summed E-state index contributed by atoms with van der Waals surface area (Å²) in [5.41, 5.74) is 3.79. The number of pyridine rings is 1. The van der Waals surface area contributed by atoms with E-state index in [0.29, 0.717) is 30.4 Å². The number of nitrogens with zero attached hydrogens (tertiary/aromatic N) is 1. The largest absolute Gasteiger partial charge is 0.478 e. The Bertz CT molecular complexity index is 1300. The summed E-state index contributed by atoms with van der Waals surface area (Å²) >= 11 is 0. The van der Waals surface area contributed by atoms with Gasteiger partial charge in [0, 0.05) is 17.5 Å². The van der Waals surface area contributed by atoms with E-state index < -0.39 is 0 Å². The topological polar surface area (TPSA) is 78.6 Å². The van der Waals surface area contributed by atoms with Gasteiger partial charge in [-0.15, -0.1) is 0 Å². The quantitative estimate of drug-likeness (QED) is 0.0778. The van der Waals surface area contributed by atoms with E-state index in [9.17, 15) is 9.59 Å². The summed E-state index contributed by atoms with van der Waals surface area (Å²) in [6.07, 6.45) is 17.4. The summed E-state index contributed by atoms with van der Waals surface area (Å²) in [6, 6.07) is 12.0. The molecule has 1 aromatic carbocycles. The summed E-state index contributed by atoms with van der Waals surface area (Å²) in [5, 5.41) is 0.787. The first-order valence-electron chi connectivity index (χ1n) is 15.5. The average molecular weight is 562 g/mol. The van der Waals surface area contributed by atoms with Crippen molar-refractivity contribution in [3.8, 4) is 17.0 Å². The molecule has 6 heteroatoms. The van der Waals surface area contributed by atoms with Gasteiger partial charge in [0.1, 0.15) is 0 Å². The molecule has 0 aliphatic rings. The summed E-state index contributed by atoms with van der Waals surface area (Å²) in [6.45, 7) is 8.74. The minimum atomic E-state index is -0.377. The van der Waals surface area contributed by atoms with E-state index in [1.54, 1.807) is 0 Å². The van der Waals surface area contributed by atoms with Crippen molar-refractivity contribution in [3.63, 3.8) is 0 Å². The van der Waals surface area contributed by atoms with E-state index in [1.165, 1.54) is 69.4 Å². The third-order valence-corrected chi connectivity index (χ3v) is 7.42. The van der Waals surface area contributed by atoms with Crippen molar-refractivity contribution >= 4 is 17.1 Å². The minimum Gasteiger partial charge on any atom is -0.478 e. The van der Waals surface area contributed by atoms with Crippen LogP contribution in [0.3, 0.4) is 0 Å². The molecule has 0 N–H and O–H groups in total. The van der Waals surface area contributed by atoms with E-state index in [-0.39, 0.29) is 11.6 Å². The van der Waals surface area contributed by atoms with Crippen molar-refractivity contribution < 1.29 is 18.7 Å². The number of carbonyl (C=O) groups is 1. The molecule has 3 rings (SSSR count). The Morgan fingerprint density at radius 1 is 0.854 bits per heavy atom. The first kappa shape index (κ1) is 32.1. The predicted molar refractivity (Wildman–Crippen MR) is 167 cm³/mol. The summed E-state index contributed by atoms with van der Waals surface area (Å²) in [7, 11) is 0. The predicted octanol–water partition coefficient (Wildman–Crippen LogP) is 8.91. The number of benzene rings is 1. The highest BCUT2D eigenvalue weighted by Gasteiger charge is 2.12. The average Bonchev–Trinajstić information content (AvgIpc) is 2.97. The first-order chi connectivity index (χ1) is 20.0. The maximum Gasteiger partial charge on any atom is 0.345 e. The van der Waals surface area contributed by atoms with Crippen LogP contribution < -0.4 is 10.4 Å². The monoisotopic (exact) mass is 561 g/mol. The first-order valence-corrected chi connectivity index (χ1v) is 15.5. The van der Waals surface area contributed by atoms with Gasteiger partial charge in [-0.3, -0.25) is 0 Å². The fourth-order valence-electron chi connectivity index (χ4n) is 5.04. The van der Waals surface area contributed by atoms with E-state index in [0.717, 1.165) is 48.6 Å². The van der Waals surface area contributed by atoms with Gasteiger partial charge in [0.15, 0.2) is 0 Å². The number of unbranched alkanes of at least 4 members (excludes halogenated alkanes) is 11. The second kappa shape index (κ2) is 18.1. The normalized spacial score (nSPS) is 11.1. The number of hydrogen-bond donors (Lipinski definition) is 0. The molecule has 0 aliphatic heterocycles. The van der Waals surface area contributed by atoms with Crippen molar-refractivity contribution in [2.24, 2.45) is 0 Å². The Morgan fingerprint density at radius 2 is 1.54 bits per heavy atom. The Morgan fingerprint density at radius 3 is 2.20 bits per heavy atom. The van der Waals surface area contributed by atoms with E-state index in [1.807, 2.05) is 31.2 Å². The van der Waals surface area contributed by atoms with Crippen LogP contribution >= 0.6 is 0 Å². The molecule has 222 valence electrons. The molecule has 0 radical (unpaired) electrons. The number of hydrogen-bond acceptors (Lipinski definition) is 6. The highest BCUT2D eigenvalue weighted by atomic mass is 16.5. The van der Waals surface area contributed by atoms with Crippen LogP contribution in [0.5, 0.6) is 5.88 Å². The highest BCUT2D eigenvalue weighted by Crippen LogP contribution is 2.26.